The van der Waals surface area contributed by atoms with Crippen molar-refractivity contribution in [2.75, 3.05) is 32.6 Å². The van der Waals surface area contributed by atoms with Crippen LogP contribution in [0.25, 0.3) is 11.3 Å². The standard InChI is InChI=1S/C31H37F3N6O5/c1-30(2,3)45-29(42)39-12-10-20(11-13-39)36-28(41)21-8-6-19(17-35-21)23-16-27-37-22(15-26(31(32,33)34)40(27)38-23)18-7-9-24(43-4)25(14-18)44-5/h6-9,14,16-17,20,22,26,37H,10-13,15H2,1-5H3,(H,36,41). The molecule has 242 valence electrons. The number of alkyl halides is 3. The minimum absolute atomic E-state index is 0.137. The van der Waals surface area contributed by atoms with E-state index in [1.807, 2.05) is 20.8 Å². The predicted octanol–water partition coefficient (Wildman–Crippen LogP) is 5.75. The maximum Gasteiger partial charge on any atom is 0.410 e. The number of hydrogen-bond acceptors (Lipinski definition) is 8. The van der Waals surface area contributed by atoms with Gasteiger partial charge in [-0.15, -0.1) is 0 Å². The number of carbonyl (C=O) groups excluding carboxylic acids is 2. The normalized spacial score (nSPS) is 18.9. The van der Waals surface area contributed by atoms with Crippen molar-refractivity contribution in [2.45, 2.75) is 69.9 Å². The van der Waals surface area contributed by atoms with E-state index in [4.69, 9.17) is 14.2 Å². The van der Waals surface area contributed by atoms with Crippen LogP contribution in [0.1, 0.15) is 68.2 Å². The smallest absolute Gasteiger partial charge is 0.410 e. The third-order valence-corrected chi connectivity index (χ3v) is 7.77. The third-order valence-electron chi connectivity index (χ3n) is 7.77. The lowest BCUT2D eigenvalue weighted by atomic mass is 9.96. The molecule has 4 heterocycles. The number of hydrogen-bond donors (Lipinski definition) is 2. The zero-order valence-corrected chi connectivity index (χ0v) is 25.8. The van der Waals surface area contributed by atoms with Crippen molar-refractivity contribution in [1.82, 2.24) is 25.0 Å². The molecule has 0 aliphatic carbocycles. The number of ether oxygens (including phenoxy) is 3. The summed E-state index contributed by atoms with van der Waals surface area (Å²) >= 11 is 0. The number of rotatable bonds is 6. The van der Waals surface area contributed by atoms with E-state index in [9.17, 15) is 22.8 Å². The van der Waals surface area contributed by atoms with E-state index in [-0.39, 0.29) is 41.7 Å². The number of anilines is 1. The lowest BCUT2D eigenvalue weighted by Gasteiger charge is -2.33. The molecule has 0 bridgehead atoms. The molecule has 2 aliphatic rings. The summed E-state index contributed by atoms with van der Waals surface area (Å²) in [5, 5.41) is 10.4. The highest BCUT2D eigenvalue weighted by molar-refractivity contribution is 5.92. The zero-order chi connectivity index (χ0) is 32.5. The summed E-state index contributed by atoms with van der Waals surface area (Å²) in [5.74, 6) is 0.724. The van der Waals surface area contributed by atoms with E-state index < -0.39 is 23.9 Å². The van der Waals surface area contributed by atoms with Gasteiger partial charge in [-0.25, -0.2) is 9.48 Å². The van der Waals surface area contributed by atoms with Crippen LogP contribution in [-0.2, 0) is 4.74 Å². The molecular weight excluding hydrogens is 593 g/mol. The van der Waals surface area contributed by atoms with Crippen molar-refractivity contribution in [3.8, 4) is 22.8 Å². The van der Waals surface area contributed by atoms with Crippen molar-refractivity contribution in [3.05, 3.63) is 53.9 Å². The molecule has 0 saturated carbocycles. The Morgan fingerprint density at radius 3 is 2.31 bits per heavy atom. The van der Waals surface area contributed by atoms with Crippen LogP contribution >= 0.6 is 0 Å². The molecule has 14 heteroatoms. The van der Waals surface area contributed by atoms with Crippen molar-refractivity contribution in [1.29, 1.82) is 0 Å². The number of amides is 2. The number of carbonyl (C=O) groups is 2. The van der Waals surface area contributed by atoms with Crippen molar-refractivity contribution in [3.63, 3.8) is 0 Å². The van der Waals surface area contributed by atoms with Gasteiger partial charge < -0.3 is 29.7 Å². The number of fused-ring (bicyclic) bond motifs is 1. The molecule has 0 radical (unpaired) electrons. The van der Waals surface area contributed by atoms with E-state index in [0.29, 0.717) is 48.6 Å². The molecule has 3 aromatic rings. The third kappa shape index (κ3) is 7.26. The molecule has 2 amide bonds. The van der Waals surface area contributed by atoms with Crippen molar-refractivity contribution in [2.24, 2.45) is 0 Å². The second kappa shape index (κ2) is 12.5. The molecule has 11 nitrogen and oxygen atoms in total. The van der Waals surface area contributed by atoms with Crippen LogP contribution in [0.4, 0.5) is 23.8 Å². The molecule has 2 N–H and O–H groups in total. The summed E-state index contributed by atoms with van der Waals surface area (Å²) in [4.78, 5) is 31.1. The van der Waals surface area contributed by atoms with E-state index in [1.54, 1.807) is 35.2 Å². The van der Waals surface area contributed by atoms with Crippen LogP contribution < -0.4 is 20.1 Å². The Morgan fingerprint density at radius 2 is 1.71 bits per heavy atom. The van der Waals surface area contributed by atoms with Gasteiger partial charge in [0.25, 0.3) is 5.91 Å². The molecule has 2 aromatic heterocycles. The highest BCUT2D eigenvalue weighted by Crippen LogP contribution is 2.45. The summed E-state index contributed by atoms with van der Waals surface area (Å²) in [5.41, 5.74) is 0.944. The number of benzene rings is 1. The van der Waals surface area contributed by atoms with Gasteiger partial charge in [0.2, 0.25) is 0 Å². The van der Waals surface area contributed by atoms with E-state index >= 15 is 0 Å². The van der Waals surface area contributed by atoms with Crippen molar-refractivity contribution >= 4 is 17.8 Å². The topological polar surface area (TPSA) is 120 Å². The first-order valence-corrected chi connectivity index (χ1v) is 14.7. The fraction of sp³-hybridized carbons (Fsp3) is 0.484. The molecule has 1 fully saturated rings. The Kier molecular flexibility index (Phi) is 8.86. The van der Waals surface area contributed by atoms with Gasteiger partial charge in [-0.1, -0.05) is 6.07 Å². The lowest BCUT2D eigenvalue weighted by molar-refractivity contribution is -0.173. The second-order valence-electron chi connectivity index (χ2n) is 12.1. The predicted molar refractivity (Wildman–Crippen MR) is 159 cm³/mol. The van der Waals surface area contributed by atoms with Crippen LogP contribution in [0, 0.1) is 0 Å². The van der Waals surface area contributed by atoms with Gasteiger partial charge in [-0.2, -0.15) is 18.3 Å². The van der Waals surface area contributed by atoms with Gasteiger partial charge in [0, 0.05) is 43.4 Å². The quantitative estimate of drug-likeness (QED) is 0.353. The van der Waals surface area contributed by atoms with Crippen LogP contribution in [-0.4, -0.2) is 76.8 Å². The number of halogens is 3. The largest absolute Gasteiger partial charge is 0.493 e. The van der Waals surface area contributed by atoms with Crippen LogP contribution in [0.15, 0.2) is 42.6 Å². The monoisotopic (exact) mass is 630 g/mol. The second-order valence-corrected chi connectivity index (χ2v) is 12.1. The van der Waals surface area contributed by atoms with Gasteiger partial charge in [0.05, 0.1) is 26.0 Å². The number of methoxy groups -OCH3 is 2. The maximum absolute atomic E-state index is 14.2. The Bertz CT molecular complexity index is 1530. The van der Waals surface area contributed by atoms with Gasteiger partial charge in [-0.3, -0.25) is 9.78 Å². The molecular formula is C31H37F3N6O5. The van der Waals surface area contributed by atoms with Gasteiger partial charge in [0.15, 0.2) is 17.5 Å². The number of nitrogens with one attached hydrogen (secondary N) is 2. The van der Waals surface area contributed by atoms with Gasteiger partial charge >= 0.3 is 12.3 Å². The molecule has 2 atom stereocenters. The summed E-state index contributed by atoms with van der Waals surface area (Å²) in [6.45, 7) is 6.34. The summed E-state index contributed by atoms with van der Waals surface area (Å²) < 4.78 is 59.7. The summed E-state index contributed by atoms with van der Waals surface area (Å²) in [6, 6.07) is 7.03. The molecule has 2 aliphatic heterocycles. The fourth-order valence-electron chi connectivity index (χ4n) is 5.47. The molecule has 2 unspecified atom stereocenters. The van der Waals surface area contributed by atoms with Gasteiger partial charge in [0.1, 0.15) is 17.1 Å². The lowest BCUT2D eigenvalue weighted by Crippen LogP contribution is -2.47. The molecule has 45 heavy (non-hydrogen) atoms. The minimum atomic E-state index is -4.54. The first-order valence-electron chi connectivity index (χ1n) is 14.7. The van der Waals surface area contributed by atoms with Crippen LogP contribution in [0.5, 0.6) is 11.5 Å². The number of pyridine rings is 1. The SMILES string of the molecule is COc1ccc(C2CC(C(F)(F)F)n3nc(-c4ccc(C(=O)NC5CCN(C(=O)OC(C)(C)C)CC5)nc4)cc3N2)cc1OC. The highest BCUT2D eigenvalue weighted by atomic mass is 19.4. The summed E-state index contributed by atoms with van der Waals surface area (Å²) in [7, 11) is 2.96. The van der Waals surface area contributed by atoms with E-state index in [0.717, 1.165) is 4.68 Å². The Hall–Kier alpha value is -4.49. The van der Waals surface area contributed by atoms with E-state index in [1.165, 1.54) is 26.5 Å². The number of likely N-dealkylation sites (tertiary alicyclic amines) is 1. The Morgan fingerprint density at radius 1 is 1.00 bits per heavy atom. The minimum Gasteiger partial charge on any atom is -0.493 e. The average molecular weight is 631 g/mol. The van der Waals surface area contributed by atoms with Crippen LogP contribution in [0.3, 0.4) is 0 Å². The first kappa shape index (κ1) is 31.9. The number of aromatic nitrogens is 3. The Labute approximate surface area is 259 Å². The molecule has 0 spiro atoms. The number of nitrogens with zero attached hydrogens (tertiary/aromatic N) is 4. The van der Waals surface area contributed by atoms with Gasteiger partial charge in [-0.05, 0) is 63.4 Å². The Balaban J connectivity index is 1.26. The fourth-order valence-corrected chi connectivity index (χ4v) is 5.47. The first-order chi connectivity index (χ1) is 21.3. The summed E-state index contributed by atoms with van der Waals surface area (Å²) in [6.07, 6.45) is -2.64. The molecule has 5 rings (SSSR count). The molecule has 1 saturated heterocycles. The number of piperidine rings is 1. The average Bonchev–Trinajstić information content (AvgIpc) is 3.43. The van der Waals surface area contributed by atoms with Crippen molar-refractivity contribution < 1.29 is 37.0 Å². The van der Waals surface area contributed by atoms with Crippen LogP contribution in [0.2, 0.25) is 0 Å². The highest BCUT2D eigenvalue weighted by Gasteiger charge is 2.46. The maximum atomic E-state index is 14.2. The van der Waals surface area contributed by atoms with E-state index in [2.05, 4.69) is 20.7 Å². The zero-order valence-electron chi connectivity index (χ0n) is 25.8. The molecule has 1 aromatic carbocycles.